The number of aliphatic hydroxyl groups is 3. The molecule has 0 spiro atoms. The summed E-state index contributed by atoms with van der Waals surface area (Å²) in [6.07, 6.45) is 23.6. The first-order valence-electron chi connectivity index (χ1n) is 27.6. The van der Waals surface area contributed by atoms with Crippen molar-refractivity contribution in [3.05, 3.63) is 156 Å². The third kappa shape index (κ3) is 14.3. The topological polar surface area (TPSA) is 204 Å². The fraction of sp³-hybridized carbons (Fsp3) is 0.516. The second-order valence-corrected chi connectivity index (χ2v) is 21.8. The third-order valence-electron chi connectivity index (χ3n) is 15.5. The Bertz CT molecular complexity index is 2560. The van der Waals surface area contributed by atoms with Crippen LogP contribution in [0.3, 0.4) is 0 Å². The van der Waals surface area contributed by atoms with Gasteiger partial charge in [-0.15, -0.1) is 0 Å². The third-order valence-corrected chi connectivity index (χ3v) is 15.5. The molecule has 0 bridgehead atoms. The largest absolute Gasteiger partial charge is 0.461 e. The number of methoxy groups -OCH3 is 1. The van der Waals surface area contributed by atoms with Crippen molar-refractivity contribution >= 4 is 29.8 Å². The number of allylic oxidation sites excluding steroid dienone is 12. The maximum Gasteiger partial charge on any atom is 0.408 e. The van der Waals surface area contributed by atoms with Gasteiger partial charge in [0.1, 0.15) is 35.1 Å². The van der Waals surface area contributed by atoms with E-state index in [2.05, 4.69) is 73.0 Å². The number of carbonyl (C=O) groups excluding carboxylic acids is 5. The smallest absolute Gasteiger partial charge is 0.408 e. The summed E-state index contributed by atoms with van der Waals surface area (Å²) in [6.45, 7) is 13.7. The SMILES string of the molecule is CC/C=C\C/C=C\C/C=C\C/C=C\C/C=C\C/C=C\CCC(=O)OC(CCC)C1(C)C(=O)C(O)C2=C(C)[C@]3(OC(=O)[C@H](O)C(NC(=O)OC(C)(C)C)c4ccccc4)C[C@@](O)([C@@H](OC(=O)c4ccccc4)[C@@H]1CCOC)[C@]23C. The lowest BCUT2D eigenvalue weighted by molar-refractivity contribution is -0.335. The molecule has 0 heterocycles. The van der Waals surface area contributed by atoms with Crippen LogP contribution in [0.15, 0.2) is 145 Å². The summed E-state index contributed by atoms with van der Waals surface area (Å²) < 4.78 is 30.2. The first kappa shape index (κ1) is 62.7. The minimum Gasteiger partial charge on any atom is -0.461 e. The Balaban J connectivity index is 1.40. The van der Waals surface area contributed by atoms with Crippen LogP contribution in [0.4, 0.5) is 4.79 Å². The number of ketones is 1. The van der Waals surface area contributed by atoms with Gasteiger partial charge in [0.05, 0.1) is 22.4 Å². The van der Waals surface area contributed by atoms with Crippen LogP contribution >= 0.6 is 0 Å². The number of rotatable bonds is 28. The monoisotopic (exact) mass is 1080 g/mol. The van der Waals surface area contributed by atoms with Crippen molar-refractivity contribution in [3.8, 4) is 0 Å². The zero-order chi connectivity index (χ0) is 57.2. The average molecular weight is 1080 g/mol. The minimum absolute atomic E-state index is 0.00482. The van der Waals surface area contributed by atoms with E-state index in [1.807, 2.05) is 19.1 Å². The van der Waals surface area contributed by atoms with Gasteiger partial charge in [-0.25, -0.2) is 14.4 Å². The van der Waals surface area contributed by atoms with Gasteiger partial charge in [-0.2, -0.15) is 0 Å². The van der Waals surface area contributed by atoms with Crippen molar-refractivity contribution in [1.29, 1.82) is 0 Å². The number of nitrogens with one attached hydrogen (secondary N) is 1. The summed E-state index contributed by atoms with van der Waals surface area (Å²) in [5, 5.41) is 40.4. The summed E-state index contributed by atoms with van der Waals surface area (Å²) in [4.78, 5) is 71.3. The van der Waals surface area contributed by atoms with Gasteiger partial charge >= 0.3 is 24.0 Å². The highest BCUT2D eigenvalue weighted by molar-refractivity contribution is 5.95. The molecule has 2 fully saturated rings. The van der Waals surface area contributed by atoms with Gasteiger partial charge in [0.25, 0.3) is 0 Å². The zero-order valence-electron chi connectivity index (χ0n) is 47.3. The molecule has 3 aliphatic carbocycles. The predicted molar refractivity (Wildman–Crippen MR) is 301 cm³/mol. The van der Waals surface area contributed by atoms with Gasteiger partial charge in [-0.05, 0) is 128 Å². The lowest BCUT2D eigenvalue weighted by atomic mass is 9.31. The van der Waals surface area contributed by atoms with Gasteiger partial charge in [-0.1, -0.05) is 142 Å². The molecule has 0 aliphatic heterocycles. The lowest BCUT2D eigenvalue weighted by Crippen LogP contribution is -2.87. The molecule has 5 rings (SSSR count). The zero-order valence-corrected chi connectivity index (χ0v) is 47.3. The molecule has 0 saturated heterocycles. The maximum absolute atomic E-state index is 15.6. The molecule has 2 aromatic carbocycles. The van der Waals surface area contributed by atoms with Crippen LogP contribution in [0, 0.1) is 16.7 Å². The Labute approximate surface area is 462 Å². The number of esters is 3. The minimum atomic E-state index is -2.15. The number of Topliss-reactive ketones (excluding diaryl/α,β-unsaturated/α-hetero) is 1. The number of aliphatic hydroxyl groups excluding tert-OH is 2. The van der Waals surface area contributed by atoms with Gasteiger partial charge < -0.3 is 44.3 Å². The number of hydrogen-bond donors (Lipinski definition) is 4. The molecule has 78 heavy (non-hydrogen) atoms. The van der Waals surface area contributed by atoms with Gasteiger partial charge in [0, 0.05) is 32.5 Å². The summed E-state index contributed by atoms with van der Waals surface area (Å²) in [6, 6.07) is 15.1. The van der Waals surface area contributed by atoms with Gasteiger partial charge in [-0.3, -0.25) is 9.59 Å². The fourth-order valence-electron chi connectivity index (χ4n) is 11.4. The Morgan fingerprint density at radius 1 is 0.808 bits per heavy atom. The van der Waals surface area contributed by atoms with Gasteiger partial charge in [0.2, 0.25) is 0 Å². The van der Waals surface area contributed by atoms with Gasteiger partial charge in [0.15, 0.2) is 11.9 Å². The number of alkyl carbamates (subject to hydrolysis) is 1. The second-order valence-electron chi connectivity index (χ2n) is 21.8. The van der Waals surface area contributed by atoms with Crippen molar-refractivity contribution < 1.29 is 63.0 Å². The van der Waals surface area contributed by atoms with Crippen molar-refractivity contribution in [2.45, 2.75) is 180 Å². The summed E-state index contributed by atoms with van der Waals surface area (Å²) in [7, 11) is 1.46. The number of amides is 1. The first-order valence-corrected chi connectivity index (χ1v) is 27.6. The number of ether oxygens (including phenoxy) is 5. The van der Waals surface area contributed by atoms with Crippen molar-refractivity contribution in [2.75, 3.05) is 13.7 Å². The standard InChI is InChI=1S/C64H85NO13/c1-10-12-13-14-15-16-17-18-19-20-21-22-23-24-25-26-27-28-35-41-50(66)75-49(36-11-2)61(7)48(42-43-74-9)56(76-57(70)47-39-33-30-34-40-47)63(73)44-64(45(3)51(62(63,64)8)53(67)55(61)69)77-58(71)54(68)52(46-37-31-29-32-38-46)65-59(72)78-60(4,5)6/h12-13,15-16,18-19,21-22,24-25,27-34,37-40,48-49,52-54,56,67-68,73H,10-11,14,17,20,23,26,35-36,41-44H2,1-9H3,(H,65,72)/b13-12-,16-15-,19-18-,22-21-,25-24-,28-27-/t48-,49?,52?,53?,54+,56-,61?,62-,63+,64+/m0/s1. The molecule has 1 amide bonds. The van der Waals surface area contributed by atoms with E-state index in [4.69, 9.17) is 23.7 Å². The highest BCUT2D eigenvalue weighted by Crippen LogP contribution is 2.77. The number of carbonyl (C=O) groups is 5. The molecule has 2 aromatic rings. The Morgan fingerprint density at radius 3 is 1.87 bits per heavy atom. The van der Waals surface area contributed by atoms with Crippen LogP contribution in [0.25, 0.3) is 0 Å². The molecule has 4 N–H and O–H groups in total. The molecule has 0 radical (unpaired) electrons. The van der Waals surface area contributed by atoms with E-state index in [0.29, 0.717) is 24.8 Å². The molecule has 4 unspecified atom stereocenters. The van der Waals surface area contributed by atoms with Crippen LogP contribution < -0.4 is 5.32 Å². The van der Waals surface area contributed by atoms with E-state index in [-0.39, 0.29) is 42.6 Å². The number of benzene rings is 2. The summed E-state index contributed by atoms with van der Waals surface area (Å²) in [5.41, 5.74) is -7.58. The fourth-order valence-corrected chi connectivity index (χ4v) is 11.4. The van der Waals surface area contributed by atoms with Crippen LogP contribution in [0.1, 0.15) is 154 Å². The molecular formula is C64H85NO13. The van der Waals surface area contributed by atoms with Crippen molar-refractivity contribution in [1.82, 2.24) is 5.32 Å². The van der Waals surface area contributed by atoms with Crippen LogP contribution in [-0.4, -0.2) is 100 Å². The molecule has 3 aliphatic rings. The Kier molecular flexibility index (Phi) is 23.0. The quantitative estimate of drug-likeness (QED) is 0.0356. The van der Waals surface area contributed by atoms with Crippen molar-refractivity contribution in [3.63, 3.8) is 0 Å². The molecule has 424 valence electrons. The second kappa shape index (κ2) is 28.6. The highest BCUT2D eigenvalue weighted by Gasteiger charge is 2.87. The lowest BCUT2D eigenvalue weighted by Gasteiger charge is -2.76. The Morgan fingerprint density at radius 2 is 1.35 bits per heavy atom. The first-order chi connectivity index (χ1) is 37.2. The molecule has 14 nitrogen and oxygen atoms in total. The van der Waals surface area contributed by atoms with E-state index < -0.39 is 100 Å². The molecule has 14 heteroatoms. The van der Waals surface area contributed by atoms with Crippen LogP contribution in [0.5, 0.6) is 0 Å². The highest BCUT2D eigenvalue weighted by atomic mass is 16.6. The van der Waals surface area contributed by atoms with Crippen LogP contribution in [0.2, 0.25) is 0 Å². The molecular weight excluding hydrogens is 991 g/mol. The average Bonchev–Trinajstić information content (AvgIpc) is 3.56. The molecule has 10 atom stereocenters. The van der Waals surface area contributed by atoms with E-state index in [0.717, 1.165) is 32.1 Å². The normalized spacial score (nSPS) is 26.4. The van der Waals surface area contributed by atoms with Crippen LogP contribution in [-0.2, 0) is 38.1 Å². The summed E-state index contributed by atoms with van der Waals surface area (Å²) in [5.74, 6) is -4.48. The summed E-state index contributed by atoms with van der Waals surface area (Å²) >= 11 is 0. The van der Waals surface area contributed by atoms with Crippen molar-refractivity contribution in [2.24, 2.45) is 16.7 Å². The van der Waals surface area contributed by atoms with E-state index in [1.54, 1.807) is 102 Å². The predicted octanol–water partition coefficient (Wildman–Crippen LogP) is 11.4. The van der Waals surface area contributed by atoms with E-state index in [1.165, 1.54) is 7.11 Å². The molecule has 0 aromatic heterocycles. The molecule has 2 saturated carbocycles. The van der Waals surface area contributed by atoms with E-state index in [9.17, 15) is 34.5 Å². The number of hydrogen-bond acceptors (Lipinski definition) is 13. The van der Waals surface area contributed by atoms with E-state index >= 15 is 4.79 Å². The Hall–Kier alpha value is -6.19. The maximum atomic E-state index is 15.6.